The van der Waals surface area contributed by atoms with Crippen LogP contribution >= 0.6 is 0 Å². The van der Waals surface area contributed by atoms with Crippen molar-refractivity contribution in [3.05, 3.63) is 94.2 Å². The molecule has 2 aliphatic heterocycles. The lowest BCUT2D eigenvalue weighted by atomic mass is 9.84. The van der Waals surface area contributed by atoms with E-state index in [2.05, 4.69) is 0 Å². The fraction of sp³-hybridized carbons (Fsp3) is 0.314. The number of aromatic nitrogens is 1. The Bertz CT molecular complexity index is 1820. The van der Waals surface area contributed by atoms with Crippen molar-refractivity contribution in [3.63, 3.8) is 0 Å². The van der Waals surface area contributed by atoms with E-state index in [9.17, 15) is 28.2 Å². The minimum Gasteiger partial charge on any atom is -0.493 e. The molecule has 4 aromatic rings. The smallest absolute Gasteiger partial charge is 0.416 e. The normalized spacial score (nSPS) is 16.8. The van der Waals surface area contributed by atoms with Crippen molar-refractivity contribution in [2.24, 2.45) is 0 Å². The monoisotopic (exact) mass is 618 g/mol. The summed E-state index contributed by atoms with van der Waals surface area (Å²) < 4.78 is 51.8. The number of halogens is 3. The molecule has 7 nitrogen and oxygen atoms in total. The Morgan fingerprint density at radius 2 is 1.87 bits per heavy atom. The first-order valence-corrected chi connectivity index (χ1v) is 14.6. The molecule has 2 atom stereocenters. The number of carboxylic acid groups (broad SMARTS) is 1. The number of benzene rings is 3. The number of alkyl halides is 3. The highest BCUT2D eigenvalue weighted by Gasteiger charge is 2.36. The number of nitrogens with zero attached hydrogens (tertiary/aromatic N) is 2. The first-order valence-electron chi connectivity index (χ1n) is 14.6. The average Bonchev–Trinajstić information content (AvgIpc) is 2.97. The molecule has 3 aromatic carbocycles. The second kappa shape index (κ2) is 11.2. The molecule has 0 saturated heterocycles. The maximum Gasteiger partial charge on any atom is 0.416 e. The van der Waals surface area contributed by atoms with Gasteiger partial charge in [-0.05, 0) is 92.4 Å². The summed E-state index contributed by atoms with van der Waals surface area (Å²) in [6.45, 7) is 7.81. The number of aliphatic carboxylic acids is 1. The van der Waals surface area contributed by atoms with E-state index in [1.165, 1.54) is 12.1 Å². The first-order chi connectivity index (χ1) is 21.2. The van der Waals surface area contributed by atoms with Crippen molar-refractivity contribution in [1.29, 1.82) is 0 Å². The third-order valence-electron chi connectivity index (χ3n) is 8.09. The number of carboxylic acids is 1. The SMILES string of the molecule is Cc1cc2c(c(-c3ccc4c5c(ccnc35)CCO4)c1C(OC(C)(C)C)C(=O)O)C=CC(O)N2Cc1ccc(C(F)(F)F)cc1. The van der Waals surface area contributed by atoms with Gasteiger partial charge in [-0.1, -0.05) is 18.2 Å². The molecule has 6 rings (SSSR count). The fourth-order valence-corrected chi connectivity index (χ4v) is 6.16. The van der Waals surface area contributed by atoms with Crippen molar-refractivity contribution in [3.8, 4) is 16.9 Å². The summed E-state index contributed by atoms with van der Waals surface area (Å²) in [7, 11) is 0. The zero-order valence-corrected chi connectivity index (χ0v) is 25.3. The quantitative estimate of drug-likeness (QED) is 0.232. The summed E-state index contributed by atoms with van der Waals surface area (Å²) in [6, 6.07) is 12.3. The second-order valence-corrected chi connectivity index (χ2v) is 12.4. The van der Waals surface area contributed by atoms with Crippen LogP contribution in [0.1, 0.15) is 60.3 Å². The molecular weight excluding hydrogens is 585 g/mol. The Balaban J connectivity index is 1.59. The number of fused-ring (bicyclic) bond motifs is 1. The van der Waals surface area contributed by atoms with Gasteiger partial charge < -0.3 is 24.6 Å². The summed E-state index contributed by atoms with van der Waals surface area (Å²) in [5, 5.41) is 22.5. The molecule has 0 spiro atoms. The Kier molecular flexibility index (Phi) is 7.61. The van der Waals surface area contributed by atoms with E-state index in [0.29, 0.717) is 63.4 Å². The molecule has 3 heterocycles. The molecule has 0 fully saturated rings. The van der Waals surface area contributed by atoms with Crippen LogP contribution in [0.15, 0.2) is 60.8 Å². The highest BCUT2D eigenvalue weighted by atomic mass is 19.4. The maximum absolute atomic E-state index is 13.2. The highest BCUT2D eigenvalue weighted by Crippen LogP contribution is 2.48. The van der Waals surface area contributed by atoms with Gasteiger partial charge in [0, 0.05) is 46.9 Å². The van der Waals surface area contributed by atoms with Crippen molar-refractivity contribution in [1.82, 2.24) is 4.98 Å². The Labute approximate surface area is 258 Å². The topological polar surface area (TPSA) is 92.1 Å². The van der Waals surface area contributed by atoms with Gasteiger partial charge in [0.15, 0.2) is 6.10 Å². The number of ether oxygens (including phenoxy) is 2. The van der Waals surface area contributed by atoms with E-state index in [-0.39, 0.29) is 6.54 Å². The van der Waals surface area contributed by atoms with Gasteiger partial charge in [-0.2, -0.15) is 13.2 Å². The van der Waals surface area contributed by atoms with Crippen molar-refractivity contribution in [2.75, 3.05) is 11.5 Å². The van der Waals surface area contributed by atoms with Gasteiger partial charge in [-0.15, -0.1) is 0 Å². The zero-order chi connectivity index (χ0) is 32.3. The third-order valence-corrected chi connectivity index (χ3v) is 8.09. The summed E-state index contributed by atoms with van der Waals surface area (Å²) >= 11 is 0. The standard InChI is InChI=1S/C35H33F3N2O5/c1-19-17-25-23(10-12-27(41)40(25)18-20-5-7-22(8-6-20)35(36,37)38)30(28(19)32(33(42)43)45-34(2,3)4)24-9-11-26-29-21(14-16-44-26)13-15-39-31(24)29/h5-13,15,17,27,32,41H,14,16,18H2,1-4H3,(H,42,43). The van der Waals surface area contributed by atoms with Gasteiger partial charge in [-0.3, -0.25) is 4.98 Å². The molecule has 0 radical (unpaired) electrons. The molecule has 0 amide bonds. The number of pyridine rings is 1. The van der Waals surface area contributed by atoms with Gasteiger partial charge in [0.2, 0.25) is 0 Å². The molecule has 1 aromatic heterocycles. The van der Waals surface area contributed by atoms with Crippen molar-refractivity contribution >= 4 is 28.6 Å². The number of aliphatic hydroxyl groups excluding tert-OH is 1. The van der Waals surface area contributed by atoms with E-state index in [1.54, 1.807) is 57.0 Å². The van der Waals surface area contributed by atoms with Crippen molar-refractivity contribution < 1.29 is 37.7 Å². The van der Waals surface area contributed by atoms with E-state index in [1.807, 2.05) is 18.2 Å². The fourth-order valence-electron chi connectivity index (χ4n) is 6.16. The molecule has 234 valence electrons. The Hall–Kier alpha value is -4.41. The molecule has 2 unspecified atom stereocenters. The molecule has 45 heavy (non-hydrogen) atoms. The lowest BCUT2D eigenvalue weighted by molar-refractivity contribution is -0.160. The summed E-state index contributed by atoms with van der Waals surface area (Å²) in [5.41, 5.74) is 4.28. The van der Waals surface area contributed by atoms with Crippen LogP contribution in [0.25, 0.3) is 28.1 Å². The lowest BCUT2D eigenvalue weighted by Crippen LogP contribution is -2.36. The average molecular weight is 619 g/mol. The van der Waals surface area contributed by atoms with Crippen LogP contribution in [0, 0.1) is 6.92 Å². The van der Waals surface area contributed by atoms with Crippen LogP contribution in [0.3, 0.4) is 0 Å². The highest BCUT2D eigenvalue weighted by molar-refractivity contribution is 6.04. The summed E-state index contributed by atoms with van der Waals surface area (Å²) in [4.78, 5) is 19.3. The third kappa shape index (κ3) is 5.76. The number of aryl methyl sites for hydroxylation is 1. The molecular formula is C35H33F3N2O5. The molecule has 0 bridgehead atoms. The van der Waals surface area contributed by atoms with Crippen LogP contribution in [0.5, 0.6) is 5.75 Å². The molecule has 0 aliphatic carbocycles. The number of rotatable bonds is 6. The van der Waals surface area contributed by atoms with Gasteiger partial charge in [-0.25, -0.2) is 4.79 Å². The molecule has 2 N–H and O–H groups in total. The number of anilines is 1. The van der Waals surface area contributed by atoms with Crippen LogP contribution in [-0.2, 0) is 28.7 Å². The zero-order valence-electron chi connectivity index (χ0n) is 25.3. The van der Waals surface area contributed by atoms with Gasteiger partial charge >= 0.3 is 12.1 Å². The molecule has 0 saturated carbocycles. The van der Waals surface area contributed by atoms with Crippen LogP contribution in [0.4, 0.5) is 18.9 Å². The van der Waals surface area contributed by atoms with Crippen LogP contribution in [0.2, 0.25) is 0 Å². The summed E-state index contributed by atoms with van der Waals surface area (Å²) in [6.07, 6.45) is -1.12. The second-order valence-electron chi connectivity index (χ2n) is 12.4. The number of hydrogen-bond acceptors (Lipinski definition) is 6. The predicted molar refractivity (Wildman–Crippen MR) is 165 cm³/mol. The van der Waals surface area contributed by atoms with E-state index >= 15 is 0 Å². The summed E-state index contributed by atoms with van der Waals surface area (Å²) in [5.74, 6) is -0.462. The maximum atomic E-state index is 13.2. The first kappa shape index (κ1) is 30.6. The number of aliphatic hydroxyl groups is 1. The van der Waals surface area contributed by atoms with Crippen LogP contribution in [-0.4, -0.2) is 39.6 Å². The Morgan fingerprint density at radius 3 is 2.53 bits per heavy atom. The predicted octanol–water partition coefficient (Wildman–Crippen LogP) is 7.46. The molecule has 2 aliphatic rings. The largest absolute Gasteiger partial charge is 0.493 e. The minimum atomic E-state index is -4.46. The number of hydrogen-bond donors (Lipinski definition) is 2. The van der Waals surface area contributed by atoms with Crippen LogP contribution < -0.4 is 9.64 Å². The molecule has 10 heteroatoms. The van der Waals surface area contributed by atoms with Crippen molar-refractivity contribution in [2.45, 2.75) is 64.8 Å². The van der Waals surface area contributed by atoms with E-state index < -0.39 is 35.6 Å². The van der Waals surface area contributed by atoms with E-state index in [4.69, 9.17) is 14.5 Å². The van der Waals surface area contributed by atoms with E-state index in [0.717, 1.165) is 23.1 Å². The van der Waals surface area contributed by atoms with Gasteiger partial charge in [0.1, 0.15) is 12.0 Å². The minimum absolute atomic E-state index is 0.103. The van der Waals surface area contributed by atoms with Gasteiger partial charge in [0.25, 0.3) is 0 Å². The lowest BCUT2D eigenvalue weighted by Gasteiger charge is -2.36. The van der Waals surface area contributed by atoms with Gasteiger partial charge in [0.05, 0.1) is 23.3 Å². The number of carbonyl (C=O) groups is 1. The Morgan fingerprint density at radius 1 is 1.13 bits per heavy atom.